The average Bonchev–Trinajstić information content (AvgIpc) is 2.29. The zero-order chi connectivity index (χ0) is 11.7. The van der Waals surface area contributed by atoms with Crippen LogP contribution in [0.2, 0.25) is 0 Å². The molecule has 16 heavy (non-hydrogen) atoms. The lowest BCUT2D eigenvalue weighted by molar-refractivity contribution is 0.479. The van der Waals surface area contributed by atoms with E-state index in [1.165, 1.54) is 6.07 Å². The summed E-state index contributed by atoms with van der Waals surface area (Å²) in [6, 6.07) is 7.12. The van der Waals surface area contributed by atoms with Crippen molar-refractivity contribution in [1.82, 2.24) is 4.57 Å². The van der Waals surface area contributed by atoms with Gasteiger partial charge in [-0.2, -0.15) is 0 Å². The molecule has 0 saturated heterocycles. The van der Waals surface area contributed by atoms with Crippen molar-refractivity contribution in [3.8, 4) is 5.75 Å². The van der Waals surface area contributed by atoms with Crippen LogP contribution in [0.3, 0.4) is 0 Å². The van der Waals surface area contributed by atoms with Gasteiger partial charge in [0.05, 0.1) is 5.52 Å². The molecule has 0 atom stereocenters. The normalized spacial score (nSPS) is 10.9. The Kier molecular flexibility index (Phi) is 2.69. The highest BCUT2D eigenvalue weighted by Crippen LogP contribution is 2.23. The molecule has 1 heterocycles. The van der Waals surface area contributed by atoms with Crippen LogP contribution in [0.1, 0.15) is 19.4 Å². The first-order valence-corrected chi connectivity index (χ1v) is 5.52. The predicted molar refractivity (Wildman–Crippen MR) is 64.9 cm³/mol. The fourth-order valence-electron chi connectivity index (χ4n) is 1.96. The van der Waals surface area contributed by atoms with Gasteiger partial charge in [0.2, 0.25) is 0 Å². The van der Waals surface area contributed by atoms with Crippen LogP contribution >= 0.6 is 0 Å². The Labute approximate surface area is 94.0 Å². The van der Waals surface area contributed by atoms with Crippen LogP contribution in [0, 0.1) is 0 Å². The van der Waals surface area contributed by atoms with Crippen LogP contribution in [0.15, 0.2) is 29.1 Å². The van der Waals surface area contributed by atoms with Crippen molar-refractivity contribution in [2.75, 3.05) is 0 Å². The van der Waals surface area contributed by atoms with Crippen molar-refractivity contribution in [3.05, 3.63) is 40.2 Å². The maximum absolute atomic E-state index is 11.6. The van der Waals surface area contributed by atoms with E-state index < -0.39 is 0 Å². The number of aryl methyl sites for hydroxylation is 2. The van der Waals surface area contributed by atoms with Crippen LogP contribution < -0.4 is 5.56 Å². The molecule has 0 aliphatic rings. The van der Waals surface area contributed by atoms with Gasteiger partial charge in [0.15, 0.2) is 0 Å². The standard InChI is InChI=1S/C13H15NO2/c1-3-9-5-6-11-10(7-9)12(15)8-13(16)14(11)4-2/h5-8,15H,3-4H2,1-2H3. The number of aromatic hydroxyl groups is 1. The highest BCUT2D eigenvalue weighted by atomic mass is 16.3. The second kappa shape index (κ2) is 4.00. The fraction of sp³-hybridized carbons (Fsp3) is 0.308. The molecule has 0 saturated carbocycles. The number of rotatable bonds is 2. The zero-order valence-electron chi connectivity index (χ0n) is 9.53. The minimum Gasteiger partial charge on any atom is -0.507 e. The van der Waals surface area contributed by atoms with Crippen molar-refractivity contribution in [2.45, 2.75) is 26.8 Å². The van der Waals surface area contributed by atoms with Crippen molar-refractivity contribution < 1.29 is 5.11 Å². The third-order valence-corrected chi connectivity index (χ3v) is 2.88. The van der Waals surface area contributed by atoms with Gasteiger partial charge in [-0.3, -0.25) is 4.79 Å². The molecule has 2 rings (SSSR count). The van der Waals surface area contributed by atoms with Crippen molar-refractivity contribution >= 4 is 10.9 Å². The quantitative estimate of drug-likeness (QED) is 0.838. The largest absolute Gasteiger partial charge is 0.507 e. The second-order valence-corrected chi connectivity index (χ2v) is 3.82. The van der Waals surface area contributed by atoms with E-state index in [0.717, 1.165) is 22.9 Å². The van der Waals surface area contributed by atoms with E-state index in [1.54, 1.807) is 4.57 Å². The zero-order valence-corrected chi connectivity index (χ0v) is 9.53. The molecule has 1 N–H and O–H groups in total. The van der Waals surface area contributed by atoms with Crippen LogP contribution in [-0.4, -0.2) is 9.67 Å². The number of fused-ring (bicyclic) bond motifs is 1. The van der Waals surface area contributed by atoms with Gasteiger partial charge in [-0.15, -0.1) is 0 Å². The van der Waals surface area contributed by atoms with Gasteiger partial charge < -0.3 is 9.67 Å². The smallest absolute Gasteiger partial charge is 0.254 e. The van der Waals surface area contributed by atoms with E-state index in [0.29, 0.717) is 6.54 Å². The summed E-state index contributed by atoms with van der Waals surface area (Å²) in [6.07, 6.45) is 0.917. The van der Waals surface area contributed by atoms with Gasteiger partial charge in [0.25, 0.3) is 5.56 Å². The summed E-state index contributed by atoms with van der Waals surface area (Å²) in [4.78, 5) is 11.6. The second-order valence-electron chi connectivity index (χ2n) is 3.82. The number of benzene rings is 1. The Hall–Kier alpha value is -1.77. The highest BCUT2D eigenvalue weighted by molar-refractivity contribution is 5.85. The topological polar surface area (TPSA) is 42.2 Å². The summed E-state index contributed by atoms with van der Waals surface area (Å²) in [7, 11) is 0. The molecule has 0 spiro atoms. The SMILES string of the molecule is CCc1ccc2c(c1)c(O)cc(=O)n2CC. The third-order valence-electron chi connectivity index (χ3n) is 2.88. The lowest BCUT2D eigenvalue weighted by atomic mass is 10.1. The number of pyridine rings is 1. The minimum absolute atomic E-state index is 0.0694. The van der Waals surface area contributed by atoms with E-state index in [4.69, 9.17) is 0 Å². The van der Waals surface area contributed by atoms with E-state index in [2.05, 4.69) is 6.92 Å². The molecule has 1 aromatic carbocycles. The fourth-order valence-corrected chi connectivity index (χ4v) is 1.96. The molecule has 3 heteroatoms. The Morgan fingerprint density at radius 1 is 1.25 bits per heavy atom. The molecule has 0 fully saturated rings. The maximum Gasteiger partial charge on any atom is 0.254 e. The van der Waals surface area contributed by atoms with Gasteiger partial charge in [-0.1, -0.05) is 13.0 Å². The highest BCUT2D eigenvalue weighted by Gasteiger charge is 2.07. The molecule has 0 unspecified atom stereocenters. The van der Waals surface area contributed by atoms with Crippen molar-refractivity contribution in [1.29, 1.82) is 0 Å². The van der Waals surface area contributed by atoms with E-state index in [-0.39, 0.29) is 11.3 Å². The maximum atomic E-state index is 11.6. The molecule has 2 aromatic rings. The number of nitrogens with zero attached hydrogens (tertiary/aromatic N) is 1. The Morgan fingerprint density at radius 2 is 2.00 bits per heavy atom. The number of aromatic nitrogens is 1. The molecule has 1 aromatic heterocycles. The van der Waals surface area contributed by atoms with Crippen LogP contribution in [0.4, 0.5) is 0 Å². The van der Waals surface area contributed by atoms with Crippen molar-refractivity contribution in [3.63, 3.8) is 0 Å². The summed E-state index contributed by atoms with van der Waals surface area (Å²) >= 11 is 0. The summed E-state index contributed by atoms with van der Waals surface area (Å²) in [5.74, 6) is 0.0694. The monoisotopic (exact) mass is 217 g/mol. The minimum atomic E-state index is -0.156. The first kappa shape index (κ1) is 10.7. The Balaban J connectivity index is 2.87. The summed E-state index contributed by atoms with van der Waals surface area (Å²) in [5, 5.41) is 10.5. The molecule has 0 bridgehead atoms. The van der Waals surface area contributed by atoms with Gasteiger partial charge in [0.1, 0.15) is 5.75 Å². The van der Waals surface area contributed by atoms with Crippen LogP contribution in [-0.2, 0) is 13.0 Å². The van der Waals surface area contributed by atoms with E-state index in [1.807, 2.05) is 25.1 Å². The molecule has 0 amide bonds. The average molecular weight is 217 g/mol. The number of hydrogen-bond acceptors (Lipinski definition) is 2. The summed E-state index contributed by atoms with van der Waals surface area (Å²) in [6.45, 7) is 4.60. The van der Waals surface area contributed by atoms with Crippen LogP contribution in [0.25, 0.3) is 10.9 Å². The summed E-state index contributed by atoms with van der Waals surface area (Å²) in [5.41, 5.74) is 1.80. The van der Waals surface area contributed by atoms with Crippen molar-refractivity contribution in [2.24, 2.45) is 0 Å². The Morgan fingerprint density at radius 3 is 2.62 bits per heavy atom. The van der Waals surface area contributed by atoms with E-state index >= 15 is 0 Å². The van der Waals surface area contributed by atoms with Gasteiger partial charge >= 0.3 is 0 Å². The molecule has 3 nitrogen and oxygen atoms in total. The molecule has 0 radical (unpaired) electrons. The van der Waals surface area contributed by atoms with Gasteiger partial charge in [0, 0.05) is 18.0 Å². The lowest BCUT2D eigenvalue weighted by Gasteiger charge is -2.10. The molecule has 0 aliphatic heterocycles. The predicted octanol–water partition coefficient (Wildman–Crippen LogP) is 2.29. The first-order valence-electron chi connectivity index (χ1n) is 5.52. The van der Waals surface area contributed by atoms with Gasteiger partial charge in [-0.25, -0.2) is 0 Å². The molecule has 0 aliphatic carbocycles. The van der Waals surface area contributed by atoms with Crippen LogP contribution in [0.5, 0.6) is 5.75 Å². The molecular weight excluding hydrogens is 202 g/mol. The summed E-state index contributed by atoms with van der Waals surface area (Å²) < 4.78 is 1.66. The Bertz CT molecular complexity index is 584. The molecular formula is C13H15NO2. The number of hydrogen-bond donors (Lipinski definition) is 1. The van der Waals surface area contributed by atoms with Gasteiger partial charge in [-0.05, 0) is 31.0 Å². The third kappa shape index (κ3) is 1.58. The lowest BCUT2D eigenvalue weighted by Crippen LogP contribution is -2.18. The molecule has 84 valence electrons. The first-order chi connectivity index (χ1) is 7.67. The van der Waals surface area contributed by atoms with E-state index in [9.17, 15) is 9.90 Å².